The second kappa shape index (κ2) is 10.5. The fourth-order valence-corrected chi connectivity index (χ4v) is 4.39. The van der Waals surface area contributed by atoms with Crippen LogP contribution in [0, 0.1) is 0 Å². The first-order chi connectivity index (χ1) is 17.9. The Morgan fingerprint density at radius 1 is 1.13 bits per heavy atom. The van der Waals surface area contributed by atoms with Gasteiger partial charge in [0.2, 0.25) is 10.0 Å². The number of nitrogens with two attached hydrogens (primary N) is 1. The molecule has 0 aliphatic rings. The van der Waals surface area contributed by atoms with E-state index < -0.39 is 27.9 Å². The van der Waals surface area contributed by atoms with Gasteiger partial charge < -0.3 is 15.8 Å². The van der Waals surface area contributed by atoms with Crippen molar-refractivity contribution in [1.82, 2.24) is 20.2 Å². The number of aromatic amines is 1. The standard InChI is InChI=1S/C22H17ClF3N7O4S/c23-13-2-4-14(5-3-13)37-16-9-12(1-6-15(16)33-38(35,36)11-22(24,25)26)19-18(20(27)34)21(32-31-19)30-17-10-28-7-8-29-17/h1-10,33H,11H2,(H2,27,34)(H2,29,30,31,32). The number of hydrogen-bond acceptors (Lipinski definition) is 8. The quantitative estimate of drug-likeness (QED) is 0.230. The predicted molar refractivity (Wildman–Crippen MR) is 133 cm³/mol. The van der Waals surface area contributed by atoms with Gasteiger partial charge in [-0.25, -0.2) is 13.4 Å². The van der Waals surface area contributed by atoms with E-state index in [-0.39, 0.29) is 45.6 Å². The number of H-pyrrole nitrogens is 1. The first kappa shape index (κ1) is 26.7. The van der Waals surface area contributed by atoms with Gasteiger partial charge in [0.15, 0.2) is 17.3 Å². The number of benzene rings is 2. The lowest BCUT2D eigenvalue weighted by atomic mass is 10.1. The summed E-state index contributed by atoms with van der Waals surface area (Å²) in [6, 6.07) is 9.75. The Morgan fingerprint density at radius 3 is 2.50 bits per heavy atom. The molecule has 2 aromatic carbocycles. The Morgan fingerprint density at radius 2 is 1.87 bits per heavy atom. The highest BCUT2D eigenvalue weighted by atomic mass is 35.5. The van der Waals surface area contributed by atoms with Crippen molar-refractivity contribution in [3.05, 3.63) is 71.6 Å². The highest BCUT2D eigenvalue weighted by molar-refractivity contribution is 7.92. The monoisotopic (exact) mass is 567 g/mol. The van der Waals surface area contributed by atoms with Crippen molar-refractivity contribution in [2.75, 3.05) is 15.8 Å². The molecule has 1 amide bonds. The van der Waals surface area contributed by atoms with E-state index in [1.54, 1.807) is 0 Å². The number of carbonyl (C=O) groups excluding carboxylic acids is 1. The lowest BCUT2D eigenvalue weighted by Crippen LogP contribution is -2.28. The molecule has 2 aromatic heterocycles. The number of nitrogens with zero attached hydrogens (tertiary/aromatic N) is 3. The van der Waals surface area contributed by atoms with Crippen molar-refractivity contribution in [2.45, 2.75) is 6.18 Å². The number of carbonyl (C=O) groups is 1. The molecule has 4 aromatic rings. The maximum atomic E-state index is 12.8. The molecule has 0 aliphatic carbocycles. The number of sulfonamides is 1. The van der Waals surface area contributed by atoms with Crippen LogP contribution < -0.4 is 20.5 Å². The van der Waals surface area contributed by atoms with Crippen LogP contribution in [0.3, 0.4) is 0 Å². The lowest BCUT2D eigenvalue weighted by Gasteiger charge is -2.16. The molecule has 198 valence electrons. The summed E-state index contributed by atoms with van der Waals surface area (Å²) < 4.78 is 70.2. The van der Waals surface area contributed by atoms with Crippen LogP contribution >= 0.6 is 11.6 Å². The average molecular weight is 568 g/mol. The zero-order chi connectivity index (χ0) is 27.5. The number of aromatic nitrogens is 4. The summed E-state index contributed by atoms with van der Waals surface area (Å²) in [5.74, 6) is -2.64. The third-order valence-corrected chi connectivity index (χ3v) is 6.24. The van der Waals surface area contributed by atoms with E-state index in [2.05, 4.69) is 25.5 Å². The van der Waals surface area contributed by atoms with Crippen molar-refractivity contribution in [1.29, 1.82) is 0 Å². The van der Waals surface area contributed by atoms with Gasteiger partial charge in [0.1, 0.15) is 17.1 Å². The highest BCUT2D eigenvalue weighted by Crippen LogP contribution is 2.37. The molecule has 38 heavy (non-hydrogen) atoms. The Bertz CT molecular complexity index is 1560. The SMILES string of the molecule is NC(=O)c1c(Nc2cnccn2)n[nH]c1-c1ccc(NS(=O)(=O)CC(F)(F)F)c(Oc2ccc(Cl)cc2)c1. The minimum absolute atomic E-state index is 0.0307. The molecular weight excluding hydrogens is 551 g/mol. The van der Waals surface area contributed by atoms with E-state index in [4.69, 9.17) is 22.1 Å². The molecular formula is C22H17ClF3N7O4S. The fourth-order valence-electron chi connectivity index (χ4n) is 3.26. The average Bonchev–Trinajstić information content (AvgIpc) is 3.24. The zero-order valence-corrected chi connectivity index (χ0v) is 20.5. The van der Waals surface area contributed by atoms with E-state index >= 15 is 0 Å². The first-order valence-electron chi connectivity index (χ1n) is 10.5. The summed E-state index contributed by atoms with van der Waals surface area (Å²) in [7, 11) is -4.84. The molecule has 0 fully saturated rings. The van der Waals surface area contributed by atoms with Crippen LogP contribution in [-0.2, 0) is 10.0 Å². The van der Waals surface area contributed by atoms with Crippen LogP contribution in [0.15, 0.2) is 61.1 Å². The van der Waals surface area contributed by atoms with Gasteiger partial charge in [-0.2, -0.15) is 18.3 Å². The van der Waals surface area contributed by atoms with Gasteiger partial charge in [0.05, 0.1) is 17.6 Å². The Balaban J connectivity index is 1.76. The molecule has 0 bridgehead atoms. The van der Waals surface area contributed by atoms with Gasteiger partial charge in [0.25, 0.3) is 5.91 Å². The van der Waals surface area contributed by atoms with Crippen LogP contribution in [0.1, 0.15) is 10.4 Å². The van der Waals surface area contributed by atoms with Crippen molar-refractivity contribution in [3.8, 4) is 22.8 Å². The van der Waals surface area contributed by atoms with Crippen molar-refractivity contribution in [3.63, 3.8) is 0 Å². The Labute approximate surface area is 218 Å². The van der Waals surface area contributed by atoms with Crippen LogP contribution in [0.2, 0.25) is 5.02 Å². The number of primary amides is 1. The van der Waals surface area contributed by atoms with Crippen LogP contribution in [0.5, 0.6) is 11.5 Å². The number of nitrogens with one attached hydrogen (secondary N) is 3. The topological polar surface area (TPSA) is 165 Å². The van der Waals surface area contributed by atoms with Crippen LogP contribution in [-0.4, -0.2) is 46.4 Å². The van der Waals surface area contributed by atoms with E-state index in [0.29, 0.717) is 5.02 Å². The maximum Gasteiger partial charge on any atom is 0.404 e. The van der Waals surface area contributed by atoms with E-state index in [1.165, 1.54) is 61.1 Å². The molecule has 0 atom stereocenters. The number of amides is 1. The number of anilines is 3. The smallest absolute Gasteiger partial charge is 0.404 e. The van der Waals surface area contributed by atoms with Gasteiger partial charge in [-0.05, 0) is 36.4 Å². The molecule has 11 nitrogen and oxygen atoms in total. The molecule has 2 heterocycles. The summed E-state index contributed by atoms with van der Waals surface area (Å²) in [5, 5.41) is 9.93. The van der Waals surface area contributed by atoms with Gasteiger partial charge in [-0.3, -0.25) is 19.6 Å². The highest BCUT2D eigenvalue weighted by Gasteiger charge is 2.35. The predicted octanol–water partition coefficient (Wildman–Crippen LogP) is 4.46. The molecule has 0 saturated heterocycles. The third-order valence-electron chi connectivity index (χ3n) is 4.75. The number of halogens is 4. The molecule has 0 aliphatic heterocycles. The maximum absolute atomic E-state index is 12.8. The molecule has 5 N–H and O–H groups in total. The number of alkyl halides is 3. The number of rotatable bonds is 9. The zero-order valence-electron chi connectivity index (χ0n) is 19.0. The van der Waals surface area contributed by atoms with Crippen molar-refractivity contribution in [2.24, 2.45) is 5.73 Å². The van der Waals surface area contributed by atoms with E-state index in [9.17, 15) is 26.4 Å². The van der Waals surface area contributed by atoms with Crippen LogP contribution in [0.25, 0.3) is 11.3 Å². The van der Waals surface area contributed by atoms with Crippen molar-refractivity contribution < 1.29 is 31.1 Å². The summed E-state index contributed by atoms with van der Waals surface area (Å²) in [4.78, 5) is 20.3. The largest absolute Gasteiger partial charge is 0.455 e. The lowest BCUT2D eigenvalue weighted by molar-refractivity contribution is -0.106. The van der Waals surface area contributed by atoms with Gasteiger partial charge in [0, 0.05) is 23.0 Å². The third kappa shape index (κ3) is 6.68. The van der Waals surface area contributed by atoms with E-state index in [0.717, 1.165) is 0 Å². The molecule has 0 saturated carbocycles. The molecule has 0 radical (unpaired) electrons. The van der Waals surface area contributed by atoms with Gasteiger partial charge in [-0.15, -0.1) is 0 Å². The minimum Gasteiger partial charge on any atom is -0.455 e. The second-order valence-corrected chi connectivity index (χ2v) is 9.80. The molecule has 0 unspecified atom stereocenters. The fraction of sp³-hybridized carbons (Fsp3) is 0.0909. The van der Waals surface area contributed by atoms with Crippen LogP contribution in [0.4, 0.5) is 30.5 Å². The summed E-state index contributed by atoms with van der Waals surface area (Å²) >= 11 is 5.88. The molecule has 0 spiro atoms. The van der Waals surface area contributed by atoms with Gasteiger partial charge in [-0.1, -0.05) is 17.7 Å². The van der Waals surface area contributed by atoms with Gasteiger partial charge >= 0.3 is 6.18 Å². The molecule has 16 heteroatoms. The Kier molecular flexibility index (Phi) is 7.41. The molecule has 4 rings (SSSR count). The number of ether oxygens (including phenoxy) is 1. The normalized spacial score (nSPS) is 11.7. The Hall–Kier alpha value is -4.37. The second-order valence-electron chi connectivity index (χ2n) is 7.65. The summed E-state index contributed by atoms with van der Waals surface area (Å²) in [6.07, 6.45) is -0.720. The number of hydrogen-bond donors (Lipinski definition) is 4. The summed E-state index contributed by atoms with van der Waals surface area (Å²) in [5.41, 5.74) is 5.60. The minimum atomic E-state index is -4.97. The van der Waals surface area contributed by atoms with Crippen molar-refractivity contribution >= 4 is 44.9 Å². The van der Waals surface area contributed by atoms with E-state index in [1.807, 2.05) is 4.72 Å². The summed E-state index contributed by atoms with van der Waals surface area (Å²) in [6.45, 7) is 0. The first-order valence-corrected chi connectivity index (χ1v) is 12.5.